The number of aliphatic imine (C=N–C) groups is 1. The molecule has 0 aromatic carbocycles. The molecule has 1 atom stereocenters. The van der Waals surface area contributed by atoms with Gasteiger partial charge in [-0.1, -0.05) is 6.07 Å². The predicted molar refractivity (Wildman–Crippen MR) is 46.4 cm³/mol. The molecule has 0 fully saturated rings. The first-order chi connectivity index (χ1) is 5.36. The molecule has 1 aliphatic heterocycles. The van der Waals surface area contributed by atoms with E-state index < -0.39 is 0 Å². The summed E-state index contributed by atoms with van der Waals surface area (Å²) in [5.74, 6) is 0.948. The number of rotatable bonds is 1. The van der Waals surface area contributed by atoms with Crippen LogP contribution >= 0.6 is 11.3 Å². The van der Waals surface area contributed by atoms with Crippen LogP contribution in [-0.4, -0.2) is 5.84 Å². The molecule has 2 heterocycles. The summed E-state index contributed by atoms with van der Waals surface area (Å²) in [7, 11) is 0. The highest BCUT2D eigenvalue weighted by Gasteiger charge is 2.15. The second-order valence-electron chi connectivity index (χ2n) is 2.40. The molecule has 0 aliphatic carbocycles. The van der Waals surface area contributed by atoms with Crippen molar-refractivity contribution in [1.82, 2.24) is 10.9 Å². The Hall–Kier alpha value is -0.870. The van der Waals surface area contributed by atoms with Crippen molar-refractivity contribution in [1.29, 1.82) is 0 Å². The van der Waals surface area contributed by atoms with Gasteiger partial charge in [0.05, 0.1) is 0 Å². The monoisotopic (exact) mass is 167 g/mol. The molecule has 1 unspecified atom stereocenters. The van der Waals surface area contributed by atoms with Gasteiger partial charge in [0.15, 0.2) is 6.17 Å². The van der Waals surface area contributed by atoms with Crippen molar-refractivity contribution >= 4 is 17.2 Å². The van der Waals surface area contributed by atoms with Crippen LogP contribution in [-0.2, 0) is 0 Å². The second kappa shape index (κ2) is 2.64. The summed E-state index contributed by atoms with van der Waals surface area (Å²) < 4.78 is 0. The van der Waals surface area contributed by atoms with Crippen molar-refractivity contribution in [3.8, 4) is 0 Å². The molecule has 2 N–H and O–H groups in total. The van der Waals surface area contributed by atoms with Gasteiger partial charge in [0.25, 0.3) is 0 Å². The highest BCUT2D eigenvalue weighted by molar-refractivity contribution is 7.10. The first kappa shape index (κ1) is 6.82. The third-order valence-corrected chi connectivity index (χ3v) is 2.45. The molecular weight excluding hydrogens is 158 g/mol. The minimum atomic E-state index is 0.120. The molecule has 1 aliphatic rings. The number of hydrogen-bond donors (Lipinski definition) is 2. The summed E-state index contributed by atoms with van der Waals surface area (Å²) >= 11 is 1.71. The van der Waals surface area contributed by atoms with Crippen molar-refractivity contribution in [2.75, 3.05) is 0 Å². The quantitative estimate of drug-likeness (QED) is 0.661. The molecule has 2 rings (SSSR count). The van der Waals surface area contributed by atoms with E-state index in [9.17, 15) is 0 Å². The van der Waals surface area contributed by atoms with Crippen LogP contribution in [0.3, 0.4) is 0 Å². The summed E-state index contributed by atoms with van der Waals surface area (Å²) in [5, 5.41) is 2.06. The van der Waals surface area contributed by atoms with Gasteiger partial charge in [0, 0.05) is 4.88 Å². The Kier molecular flexibility index (Phi) is 1.63. The van der Waals surface area contributed by atoms with Crippen molar-refractivity contribution in [3.63, 3.8) is 0 Å². The van der Waals surface area contributed by atoms with Gasteiger partial charge in [-0.2, -0.15) is 0 Å². The van der Waals surface area contributed by atoms with Gasteiger partial charge in [-0.05, 0) is 18.4 Å². The first-order valence-corrected chi connectivity index (χ1v) is 4.33. The van der Waals surface area contributed by atoms with Crippen LogP contribution in [0.1, 0.15) is 18.0 Å². The zero-order chi connectivity index (χ0) is 7.68. The fourth-order valence-corrected chi connectivity index (χ4v) is 1.72. The normalized spacial score (nSPS) is 23.0. The lowest BCUT2D eigenvalue weighted by Gasteiger charge is -2.02. The lowest BCUT2D eigenvalue weighted by atomic mass is 10.4. The van der Waals surface area contributed by atoms with Crippen molar-refractivity contribution in [2.45, 2.75) is 13.1 Å². The van der Waals surface area contributed by atoms with E-state index in [0.29, 0.717) is 0 Å². The number of amidine groups is 1. The molecule has 58 valence electrons. The topological polar surface area (TPSA) is 36.4 Å². The van der Waals surface area contributed by atoms with Crippen molar-refractivity contribution in [2.24, 2.45) is 4.99 Å². The lowest BCUT2D eigenvalue weighted by molar-refractivity contribution is 0.583. The number of hydrazine groups is 1. The summed E-state index contributed by atoms with van der Waals surface area (Å²) in [6.07, 6.45) is 0.120. The first-order valence-electron chi connectivity index (χ1n) is 3.45. The predicted octanol–water partition coefficient (Wildman–Crippen LogP) is 1.27. The van der Waals surface area contributed by atoms with E-state index in [-0.39, 0.29) is 6.17 Å². The van der Waals surface area contributed by atoms with E-state index in [1.807, 2.05) is 13.0 Å². The molecule has 1 aromatic heterocycles. The van der Waals surface area contributed by atoms with Gasteiger partial charge in [-0.25, -0.2) is 10.4 Å². The van der Waals surface area contributed by atoms with Gasteiger partial charge in [0.2, 0.25) is 0 Å². The summed E-state index contributed by atoms with van der Waals surface area (Å²) in [5.41, 5.74) is 6.03. The van der Waals surface area contributed by atoms with E-state index in [2.05, 4.69) is 27.3 Å². The van der Waals surface area contributed by atoms with Crippen LogP contribution < -0.4 is 10.9 Å². The van der Waals surface area contributed by atoms with Crippen LogP contribution in [0.2, 0.25) is 0 Å². The van der Waals surface area contributed by atoms with Gasteiger partial charge in [-0.15, -0.1) is 11.3 Å². The van der Waals surface area contributed by atoms with Gasteiger partial charge >= 0.3 is 0 Å². The Morgan fingerprint density at radius 1 is 1.64 bits per heavy atom. The van der Waals surface area contributed by atoms with Crippen LogP contribution in [0.15, 0.2) is 22.5 Å². The van der Waals surface area contributed by atoms with Crippen LogP contribution in [0.4, 0.5) is 0 Å². The number of hydrogen-bond acceptors (Lipinski definition) is 4. The number of nitrogens with zero attached hydrogens (tertiary/aromatic N) is 1. The Morgan fingerprint density at radius 2 is 2.55 bits per heavy atom. The van der Waals surface area contributed by atoms with Crippen LogP contribution in [0.5, 0.6) is 0 Å². The molecule has 1 aromatic rings. The molecule has 3 nitrogen and oxygen atoms in total. The number of thiophene rings is 1. The van der Waals surface area contributed by atoms with E-state index >= 15 is 0 Å². The molecule has 0 amide bonds. The Labute approximate surface area is 69.1 Å². The van der Waals surface area contributed by atoms with E-state index in [4.69, 9.17) is 0 Å². The average Bonchev–Trinajstić information content (AvgIpc) is 2.55. The minimum absolute atomic E-state index is 0.120. The summed E-state index contributed by atoms with van der Waals surface area (Å²) in [4.78, 5) is 5.58. The lowest BCUT2D eigenvalue weighted by Crippen LogP contribution is -2.29. The fraction of sp³-hybridized carbons (Fsp3) is 0.286. The maximum absolute atomic E-state index is 4.34. The number of nitrogens with one attached hydrogen (secondary N) is 2. The molecular formula is C7H9N3S. The van der Waals surface area contributed by atoms with Crippen molar-refractivity contribution in [3.05, 3.63) is 22.4 Å². The maximum atomic E-state index is 4.34. The van der Waals surface area contributed by atoms with E-state index in [1.54, 1.807) is 11.3 Å². The Bertz CT molecular complexity index is 265. The second-order valence-corrected chi connectivity index (χ2v) is 3.38. The van der Waals surface area contributed by atoms with Gasteiger partial charge in [0.1, 0.15) is 5.84 Å². The standard InChI is InChI=1S/C7H9N3S/c1-5-8-7(10-9-5)6-3-2-4-11-6/h2-4,7,10H,1H3,(H,8,9). The zero-order valence-electron chi connectivity index (χ0n) is 6.16. The third-order valence-electron chi connectivity index (χ3n) is 1.53. The molecule has 0 saturated heterocycles. The molecule has 0 radical (unpaired) electrons. The van der Waals surface area contributed by atoms with E-state index in [1.165, 1.54) is 4.88 Å². The van der Waals surface area contributed by atoms with E-state index in [0.717, 1.165) is 5.84 Å². The van der Waals surface area contributed by atoms with Gasteiger partial charge < -0.3 is 5.43 Å². The zero-order valence-corrected chi connectivity index (χ0v) is 6.98. The molecule has 11 heavy (non-hydrogen) atoms. The SMILES string of the molecule is CC1=NC(c2cccs2)NN1. The summed E-state index contributed by atoms with van der Waals surface area (Å²) in [6.45, 7) is 1.95. The Balaban J connectivity index is 2.20. The van der Waals surface area contributed by atoms with Crippen molar-refractivity contribution < 1.29 is 0 Å². The Morgan fingerprint density at radius 3 is 3.09 bits per heavy atom. The highest BCUT2D eigenvalue weighted by Crippen LogP contribution is 2.21. The fourth-order valence-electron chi connectivity index (χ4n) is 1.01. The molecule has 0 saturated carbocycles. The molecule has 0 spiro atoms. The van der Waals surface area contributed by atoms with Crippen LogP contribution in [0.25, 0.3) is 0 Å². The van der Waals surface area contributed by atoms with Gasteiger partial charge in [-0.3, -0.25) is 0 Å². The molecule has 0 bridgehead atoms. The highest BCUT2D eigenvalue weighted by atomic mass is 32.1. The average molecular weight is 167 g/mol. The van der Waals surface area contributed by atoms with Crippen LogP contribution in [0, 0.1) is 0 Å². The largest absolute Gasteiger partial charge is 0.307 e. The maximum Gasteiger partial charge on any atom is 0.153 e. The smallest absolute Gasteiger partial charge is 0.153 e. The molecule has 4 heteroatoms. The minimum Gasteiger partial charge on any atom is -0.307 e. The third kappa shape index (κ3) is 1.27. The summed E-state index contributed by atoms with van der Waals surface area (Å²) in [6, 6.07) is 4.11.